The summed E-state index contributed by atoms with van der Waals surface area (Å²) in [4.78, 5) is 26.0. The van der Waals surface area contributed by atoms with E-state index < -0.39 is 34.6 Å². The zero-order valence-electron chi connectivity index (χ0n) is 18.8. The molecule has 1 fully saturated rings. The van der Waals surface area contributed by atoms with Gasteiger partial charge in [-0.05, 0) is 31.0 Å². The van der Waals surface area contributed by atoms with Crippen LogP contribution < -0.4 is 15.8 Å². The van der Waals surface area contributed by atoms with Crippen molar-refractivity contribution in [2.75, 3.05) is 12.4 Å². The number of aromatic nitrogens is 3. The minimum atomic E-state index is -3.97. The third kappa shape index (κ3) is 6.01. The molecule has 0 spiro atoms. The zero-order chi connectivity index (χ0) is 26.0. The van der Waals surface area contributed by atoms with Crippen LogP contribution in [0.25, 0.3) is 0 Å². The number of aliphatic hydroxyl groups is 1. The predicted molar refractivity (Wildman–Crippen MR) is 136 cm³/mol. The van der Waals surface area contributed by atoms with Crippen LogP contribution in [0.1, 0.15) is 45.4 Å². The van der Waals surface area contributed by atoms with Gasteiger partial charge in [0.15, 0.2) is 0 Å². The van der Waals surface area contributed by atoms with Gasteiger partial charge >= 0.3 is 10.3 Å². The second kappa shape index (κ2) is 11.0. The molecule has 0 aromatic carbocycles. The van der Waals surface area contributed by atoms with Crippen molar-refractivity contribution in [3.63, 3.8) is 0 Å². The minimum Gasteiger partial charge on any atom is -0.390 e. The molecule has 3 aromatic heterocycles. The molecule has 0 amide bonds. The van der Waals surface area contributed by atoms with Gasteiger partial charge in [-0.25, -0.2) is 15.0 Å². The van der Waals surface area contributed by atoms with Gasteiger partial charge in [-0.15, -0.1) is 11.3 Å². The number of hydrogen-bond donors (Lipinski definition) is 4. The Morgan fingerprint density at radius 2 is 2.11 bits per heavy atom. The van der Waals surface area contributed by atoms with Crippen LogP contribution in [-0.4, -0.2) is 59.6 Å². The Hall–Kier alpha value is -2.23. The van der Waals surface area contributed by atoms with Crippen LogP contribution in [-0.2, 0) is 14.5 Å². The second-order valence-corrected chi connectivity index (χ2v) is 11.5. The highest BCUT2D eigenvalue weighted by atomic mass is 35.5. The molecule has 0 aliphatic heterocycles. The Labute approximate surface area is 221 Å². The van der Waals surface area contributed by atoms with E-state index in [2.05, 4.69) is 20.3 Å². The average molecular weight is 573 g/mol. The summed E-state index contributed by atoms with van der Waals surface area (Å²) in [5, 5.41) is 13.6. The van der Waals surface area contributed by atoms with Crippen molar-refractivity contribution in [1.29, 1.82) is 0 Å². The number of halogens is 2. The molecule has 4 rings (SSSR count). The van der Waals surface area contributed by atoms with Gasteiger partial charge in [0.05, 0.1) is 32.6 Å². The van der Waals surface area contributed by atoms with Crippen molar-refractivity contribution in [2.45, 2.75) is 37.1 Å². The van der Waals surface area contributed by atoms with Crippen molar-refractivity contribution in [3.8, 4) is 0 Å². The highest BCUT2D eigenvalue weighted by molar-refractivity contribution is 7.84. The molecule has 1 saturated carbocycles. The lowest BCUT2D eigenvalue weighted by atomic mass is 10.1. The third-order valence-corrected chi connectivity index (χ3v) is 8.20. The quantitative estimate of drug-likeness (QED) is 0.220. The van der Waals surface area contributed by atoms with Crippen LogP contribution in [0.4, 0.5) is 5.82 Å². The summed E-state index contributed by atoms with van der Waals surface area (Å²) < 4.78 is 30.8. The maximum absolute atomic E-state index is 13.4. The van der Waals surface area contributed by atoms with Gasteiger partial charge in [-0.1, -0.05) is 29.3 Å². The lowest BCUT2D eigenvalue weighted by molar-refractivity contribution is 0.0636. The summed E-state index contributed by atoms with van der Waals surface area (Å²) in [5.74, 6) is -0.150. The van der Waals surface area contributed by atoms with E-state index in [0.29, 0.717) is 20.5 Å². The fourth-order valence-electron chi connectivity index (χ4n) is 3.81. The number of nitrogens with two attached hydrogens (primary N) is 1. The summed E-state index contributed by atoms with van der Waals surface area (Å²) in [7, 11) is -2.76. The van der Waals surface area contributed by atoms with E-state index in [1.165, 1.54) is 19.6 Å². The number of rotatable bonds is 9. The molecule has 0 radical (unpaired) electrons. The van der Waals surface area contributed by atoms with Gasteiger partial charge in [0.25, 0.3) is 0 Å². The first-order chi connectivity index (χ1) is 17.1. The van der Waals surface area contributed by atoms with Gasteiger partial charge in [0.1, 0.15) is 23.4 Å². The number of nitrogens with zero attached hydrogens (tertiary/aromatic N) is 3. The fraction of sp³-hybridized carbons (Fsp3) is 0.333. The topological polar surface area (TPSA) is 169 Å². The molecule has 1 aliphatic rings. The van der Waals surface area contributed by atoms with E-state index in [1.807, 2.05) is 4.72 Å². The van der Waals surface area contributed by atoms with Crippen LogP contribution >= 0.6 is 34.5 Å². The highest BCUT2D eigenvalue weighted by Crippen LogP contribution is 2.36. The van der Waals surface area contributed by atoms with Gasteiger partial charge in [-0.2, -0.15) is 13.1 Å². The molecule has 1 aliphatic carbocycles. The molecule has 15 heteroatoms. The molecular formula is C21H22Cl2N6O5S2. The van der Waals surface area contributed by atoms with Crippen LogP contribution in [0.5, 0.6) is 0 Å². The molecule has 5 N–H and O–H groups in total. The van der Waals surface area contributed by atoms with E-state index in [4.69, 9.17) is 33.1 Å². The number of nitrogens with one attached hydrogen (secondary N) is 2. The van der Waals surface area contributed by atoms with Gasteiger partial charge in [-0.3, -0.25) is 8.98 Å². The largest absolute Gasteiger partial charge is 0.390 e. The smallest absolute Gasteiger partial charge is 0.335 e. The molecule has 3 aromatic rings. The first-order valence-electron chi connectivity index (χ1n) is 10.7. The van der Waals surface area contributed by atoms with Crippen molar-refractivity contribution in [3.05, 3.63) is 68.0 Å². The van der Waals surface area contributed by atoms with Crippen LogP contribution in [0.15, 0.2) is 36.8 Å². The van der Waals surface area contributed by atoms with E-state index in [0.717, 1.165) is 11.3 Å². The Balaban J connectivity index is 1.53. The molecule has 0 unspecified atom stereocenters. The number of anilines is 1. The number of carbonyl (C=O) groups is 1. The number of aliphatic hydroxyl groups excluding tert-OH is 1. The highest BCUT2D eigenvalue weighted by Gasteiger charge is 2.37. The second-order valence-electron chi connectivity index (χ2n) is 7.99. The van der Waals surface area contributed by atoms with Gasteiger partial charge in [0.2, 0.25) is 5.78 Å². The zero-order valence-corrected chi connectivity index (χ0v) is 21.9. The number of carbonyl (C=O) groups excluding carboxylic acids is 1. The minimum absolute atomic E-state index is 0.177. The molecule has 4 atom stereocenters. The molecule has 0 saturated heterocycles. The van der Waals surface area contributed by atoms with Crippen molar-refractivity contribution in [2.24, 2.45) is 5.73 Å². The molecule has 11 nitrogen and oxygen atoms in total. The monoisotopic (exact) mass is 572 g/mol. The number of hydrogen-bond acceptors (Lipinski definition) is 11. The van der Waals surface area contributed by atoms with Crippen LogP contribution in [0, 0.1) is 0 Å². The third-order valence-electron chi connectivity index (χ3n) is 5.60. The molecular weight excluding hydrogens is 551 g/mol. The normalized spacial score (nSPS) is 20.9. The fourth-order valence-corrected chi connectivity index (χ4v) is 5.91. The Bertz CT molecular complexity index is 1370. The molecule has 36 heavy (non-hydrogen) atoms. The standard InChI is InChI=1S/C21H22Cl2N6O5S2/c1-25-36(32,33)34-15-6-10(5-14(15)30)28-21-12(8-26-9-27-21)19(31)16-7-11(20(23)35-16)18(24)13-3-2-4-17(22)29-13/h2-4,7-10,14-15,18,25,30H,5-6,24H2,1H3,(H,26,27,28)/t10-,14+,15-,18+/m1/s1. The summed E-state index contributed by atoms with van der Waals surface area (Å²) in [6.45, 7) is 0. The number of thiophene rings is 1. The van der Waals surface area contributed by atoms with E-state index >= 15 is 0 Å². The Kier molecular flexibility index (Phi) is 8.22. The summed E-state index contributed by atoms with van der Waals surface area (Å²) in [5.41, 5.74) is 7.53. The van der Waals surface area contributed by atoms with Crippen LogP contribution in [0.3, 0.4) is 0 Å². The summed E-state index contributed by atoms with van der Waals surface area (Å²) >= 11 is 13.4. The maximum atomic E-state index is 13.4. The molecule has 192 valence electrons. The maximum Gasteiger partial charge on any atom is 0.335 e. The lowest BCUT2D eigenvalue weighted by Gasteiger charge is -2.15. The Morgan fingerprint density at radius 1 is 1.33 bits per heavy atom. The first-order valence-corrected chi connectivity index (χ1v) is 13.6. The van der Waals surface area contributed by atoms with E-state index in [9.17, 15) is 18.3 Å². The van der Waals surface area contributed by atoms with Crippen molar-refractivity contribution < 1.29 is 22.5 Å². The Morgan fingerprint density at radius 3 is 2.83 bits per heavy atom. The molecule has 0 bridgehead atoms. The predicted octanol–water partition coefficient (Wildman–Crippen LogP) is 2.30. The van der Waals surface area contributed by atoms with Crippen LogP contribution in [0.2, 0.25) is 9.49 Å². The number of ketones is 1. The van der Waals surface area contributed by atoms with Crippen molar-refractivity contribution >= 4 is 56.4 Å². The van der Waals surface area contributed by atoms with E-state index in [-0.39, 0.29) is 35.2 Å². The average Bonchev–Trinajstić information content (AvgIpc) is 3.40. The van der Waals surface area contributed by atoms with Gasteiger partial charge < -0.3 is 16.2 Å². The summed E-state index contributed by atoms with van der Waals surface area (Å²) in [6, 6.07) is 5.58. The number of pyridine rings is 1. The lowest BCUT2D eigenvalue weighted by Crippen LogP contribution is -2.31. The SMILES string of the molecule is CNS(=O)(=O)O[C@@H]1C[C@H](Nc2ncncc2C(=O)c2cc([C@H](N)c3cccc(Cl)n3)c(Cl)s2)C[C@@H]1O. The van der Waals surface area contributed by atoms with Gasteiger partial charge in [0, 0.05) is 24.8 Å². The molecule has 3 heterocycles. The first kappa shape index (κ1) is 26.8. The van der Waals surface area contributed by atoms with Crippen molar-refractivity contribution in [1.82, 2.24) is 19.7 Å². The summed E-state index contributed by atoms with van der Waals surface area (Å²) in [6.07, 6.45) is 1.05. The van der Waals surface area contributed by atoms with E-state index in [1.54, 1.807) is 24.3 Å².